The predicted octanol–water partition coefficient (Wildman–Crippen LogP) is 2.47. The number of aliphatic hydroxyl groups excluding tert-OH is 1. The molecule has 1 aliphatic carbocycles. The monoisotopic (exact) mass is 317 g/mol. The van der Waals surface area contributed by atoms with Crippen molar-refractivity contribution >= 4 is 17.4 Å². The lowest BCUT2D eigenvalue weighted by Gasteiger charge is -2.20. The molecule has 2 amide bonds. The first-order chi connectivity index (χ1) is 10.5. The Morgan fingerprint density at radius 3 is 2.95 bits per heavy atom. The molecule has 0 spiro atoms. The predicted molar refractivity (Wildman–Crippen MR) is 85.8 cm³/mol. The van der Waals surface area contributed by atoms with Crippen LogP contribution in [0.1, 0.15) is 40.8 Å². The highest BCUT2D eigenvalue weighted by Crippen LogP contribution is 2.31. The maximum atomic E-state index is 12.2. The second-order valence-electron chi connectivity index (χ2n) is 5.61. The summed E-state index contributed by atoms with van der Waals surface area (Å²) < 4.78 is 0. The number of benzene rings is 1. The Morgan fingerprint density at radius 1 is 1.45 bits per heavy atom. The average molecular weight is 317 g/mol. The lowest BCUT2D eigenvalue weighted by atomic mass is 10.1. The van der Waals surface area contributed by atoms with E-state index < -0.39 is 6.10 Å². The first-order valence-corrected chi connectivity index (χ1v) is 8.17. The third-order valence-corrected chi connectivity index (χ3v) is 4.99. The minimum atomic E-state index is -0.583. The number of thiazole rings is 1. The van der Waals surface area contributed by atoms with Gasteiger partial charge < -0.3 is 15.7 Å². The van der Waals surface area contributed by atoms with Gasteiger partial charge in [0.15, 0.2) is 0 Å². The minimum absolute atomic E-state index is 0.160. The maximum Gasteiger partial charge on any atom is 0.315 e. The molecule has 1 unspecified atom stereocenters. The van der Waals surface area contributed by atoms with Crippen LogP contribution in [0.15, 0.2) is 29.6 Å². The van der Waals surface area contributed by atoms with Crippen molar-refractivity contribution in [2.45, 2.75) is 38.5 Å². The number of nitrogens with one attached hydrogen (secondary N) is 2. The van der Waals surface area contributed by atoms with Crippen LogP contribution >= 0.6 is 11.3 Å². The first-order valence-electron chi connectivity index (χ1n) is 7.29. The minimum Gasteiger partial charge on any atom is -0.390 e. The summed E-state index contributed by atoms with van der Waals surface area (Å²) in [5.74, 6) is 0. The molecule has 0 fully saturated rings. The van der Waals surface area contributed by atoms with Crippen LogP contribution in [0.25, 0.3) is 0 Å². The van der Waals surface area contributed by atoms with Crippen molar-refractivity contribution < 1.29 is 9.90 Å². The van der Waals surface area contributed by atoms with Crippen molar-refractivity contribution in [3.63, 3.8) is 0 Å². The standard InChI is InChI=1S/C16H19N3O2S/c1-9-8-22-15(17-9)10(2)18-16(21)19-14-12-6-4-3-5-11(12)7-13(14)20/h3-6,8,10,13-14,20H,7H2,1-2H3,(H2,18,19,21)/t10?,13-,14+/m0/s1. The highest BCUT2D eigenvalue weighted by Gasteiger charge is 2.32. The van der Waals surface area contributed by atoms with Gasteiger partial charge in [-0.25, -0.2) is 9.78 Å². The van der Waals surface area contributed by atoms with E-state index in [1.165, 1.54) is 11.3 Å². The van der Waals surface area contributed by atoms with E-state index in [1.54, 1.807) is 0 Å². The smallest absolute Gasteiger partial charge is 0.315 e. The molecule has 22 heavy (non-hydrogen) atoms. The van der Waals surface area contributed by atoms with Crippen LogP contribution in [-0.2, 0) is 6.42 Å². The number of aromatic nitrogens is 1. The van der Waals surface area contributed by atoms with Crippen LogP contribution in [0, 0.1) is 6.92 Å². The number of hydrogen-bond acceptors (Lipinski definition) is 4. The molecule has 0 bridgehead atoms. The van der Waals surface area contributed by atoms with Crippen molar-refractivity contribution in [1.29, 1.82) is 0 Å². The van der Waals surface area contributed by atoms with E-state index in [1.807, 2.05) is 43.5 Å². The summed E-state index contributed by atoms with van der Waals surface area (Å²) in [6.07, 6.45) is -0.0110. The molecule has 6 heteroatoms. The fourth-order valence-corrected chi connectivity index (χ4v) is 3.56. The Labute approximate surface area is 133 Å². The van der Waals surface area contributed by atoms with Gasteiger partial charge in [0.2, 0.25) is 0 Å². The SMILES string of the molecule is Cc1csc(C(C)NC(=O)N[C@@H]2c3ccccc3C[C@@H]2O)n1. The van der Waals surface area contributed by atoms with Gasteiger partial charge in [0.05, 0.1) is 18.2 Å². The highest BCUT2D eigenvalue weighted by atomic mass is 32.1. The number of carbonyl (C=O) groups excluding carboxylic acids is 1. The van der Waals surface area contributed by atoms with Gasteiger partial charge in [0, 0.05) is 17.5 Å². The zero-order valence-electron chi connectivity index (χ0n) is 12.5. The fourth-order valence-electron chi connectivity index (χ4n) is 2.76. The van der Waals surface area contributed by atoms with E-state index in [9.17, 15) is 9.90 Å². The molecule has 0 radical (unpaired) electrons. The molecular formula is C16H19N3O2S. The van der Waals surface area contributed by atoms with Gasteiger partial charge >= 0.3 is 6.03 Å². The van der Waals surface area contributed by atoms with Gasteiger partial charge in [-0.05, 0) is 25.0 Å². The van der Waals surface area contributed by atoms with Crippen LogP contribution in [0.5, 0.6) is 0 Å². The number of aryl methyl sites for hydroxylation is 1. The Hall–Kier alpha value is -1.92. The Bertz CT molecular complexity index is 686. The van der Waals surface area contributed by atoms with E-state index in [-0.39, 0.29) is 18.1 Å². The van der Waals surface area contributed by atoms with Crippen molar-refractivity contribution in [2.75, 3.05) is 0 Å². The molecule has 1 aromatic carbocycles. The van der Waals surface area contributed by atoms with E-state index in [4.69, 9.17) is 0 Å². The molecule has 5 nitrogen and oxygen atoms in total. The van der Waals surface area contributed by atoms with Gasteiger partial charge in [-0.2, -0.15) is 0 Å². The molecule has 116 valence electrons. The third-order valence-electron chi connectivity index (χ3n) is 3.85. The number of carbonyl (C=O) groups is 1. The summed E-state index contributed by atoms with van der Waals surface area (Å²) in [6.45, 7) is 3.83. The van der Waals surface area contributed by atoms with Crippen LogP contribution in [0.2, 0.25) is 0 Å². The Morgan fingerprint density at radius 2 is 2.23 bits per heavy atom. The fraction of sp³-hybridized carbons (Fsp3) is 0.375. The lowest BCUT2D eigenvalue weighted by molar-refractivity contribution is 0.142. The van der Waals surface area contributed by atoms with Gasteiger partial charge in [-0.15, -0.1) is 11.3 Å². The van der Waals surface area contributed by atoms with Crippen LogP contribution in [-0.4, -0.2) is 22.2 Å². The zero-order chi connectivity index (χ0) is 15.7. The quantitative estimate of drug-likeness (QED) is 0.814. The van der Waals surface area contributed by atoms with Crippen molar-refractivity contribution in [1.82, 2.24) is 15.6 Å². The molecule has 1 aliphatic rings. The zero-order valence-corrected chi connectivity index (χ0v) is 13.4. The van der Waals surface area contributed by atoms with Gasteiger partial charge in [-0.3, -0.25) is 0 Å². The van der Waals surface area contributed by atoms with Crippen LogP contribution < -0.4 is 10.6 Å². The summed E-state index contributed by atoms with van der Waals surface area (Å²) in [7, 11) is 0. The molecule has 1 heterocycles. The second-order valence-corrected chi connectivity index (χ2v) is 6.50. The number of urea groups is 1. The molecule has 3 atom stereocenters. The van der Waals surface area contributed by atoms with Crippen LogP contribution in [0.3, 0.4) is 0 Å². The average Bonchev–Trinajstić information content (AvgIpc) is 3.04. The van der Waals surface area contributed by atoms with Crippen molar-refractivity contribution in [2.24, 2.45) is 0 Å². The molecular weight excluding hydrogens is 298 g/mol. The number of rotatable bonds is 3. The first kappa shape index (κ1) is 15.0. The molecule has 1 aromatic heterocycles. The van der Waals surface area contributed by atoms with Gasteiger partial charge in [0.25, 0.3) is 0 Å². The maximum absolute atomic E-state index is 12.2. The van der Waals surface area contributed by atoms with E-state index in [0.717, 1.165) is 21.8 Å². The summed E-state index contributed by atoms with van der Waals surface area (Å²) in [5, 5.41) is 18.7. The normalized spacial score (nSPS) is 21.2. The Kier molecular flexibility index (Phi) is 4.13. The molecule has 0 saturated heterocycles. The third kappa shape index (κ3) is 2.98. The summed E-state index contributed by atoms with van der Waals surface area (Å²) >= 11 is 1.53. The summed E-state index contributed by atoms with van der Waals surface area (Å²) in [4.78, 5) is 16.6. The largest absolute Gasteiger partial charge is 0.390 e. The number of fused-ring (bicyclic) bond motifs is 1. The van der Waals surface area contributed by atoms with Gasteiger partial charge in [-0.1, -0.05) is 24.3 Å². The van der Waals surface area contributed by atoms with Crippen molar-refractivity contribution in [3.05, 3.63) is 51.5 Å². The second kappa shape index (κ2) is 6.06. The number of hydrogen-bond donors (Lipinski definition) is 3. The molecule has 3 rings (SSSR count). The van der Waals surface area contributed by atoms with Gasteiger partial charge in [0.1, 0.15) is 5.01 Å². The molecule has 0 saturated carbocycles. The van der Waals surface area contributed by atoms with Crippen molar-refractivity contribution in [3.8, 4) is 0 Å². The Balaban J connectivity index is 1.65. The van der Waals surface area contributed by atoms with E-state index in [2.05, 4.69) is 15.6 Å². The number of amides is 2. The lowest BCUT2D eigenvalue weighted by Crippen LogP contribution is -2.41. The number of nitrogens with zero attached hydrogens (tertiary/aromatic N) is 1. The molecule has 2 aromatic rings. The van der Waals surface area contributed by atoms with Crippen LogP contribution in [0.4, 0.5) is 4.79 Å². The number of aliphatic hydroxyl groups is 1. The van der Waals surface area contributed by atoms with E-state index in [0.29, 0.717) is 6.42 Å². The molecule has 0 aliphatic heterocycles. The highest BCUT2D eigenvalue weighted by molar-refractivity contribution is 7.09. The topological polar surface area (TPSA) is 74.2 Å². The van der Waals surface area contributed by atoms with E-state index >= 15 is 0 Å². The molecule has 3 N–H and O–H groups in total. The summed E-state index contributed by atoms with van der Waals surface area (Å²) in [6, 6.07) is 6.99. The summed E-state index contributed by atoms with van der Waals surface area (Å²) in [5.41, 5.74) is 3.03.